The van der Waals surface area contributed by atoms with Crippen molar-refractivity contribution in [3.8, 4) is 0 Å². The maximum Gasteiger partial charge on any atom is 0.334 e. The number of carbonyl (C=O) groups excluding carboxylic acids is 2. The average Bonchev–Trinajstić information content (AvgIpc) is 2.35. The van der Waals surface area contributed by atoms with Gasteiger partial charge in [-0.25, -0.2) is 9.59 Å². The second kappa shape index (κ2) is 6.93. The summed E-state index contributed by atoms with van der Waals surface area (Å²) >= 11 is 0. The van der Waals surface area contributed by atoms with Crippen molar-refractivity contribution in [2.24, 2.45) is 0 Å². The van der Waals surface area contributed by atoms with Crippen molar-refractivity contribution in [3.05, 3.63) is 0 Å². The van der Waals surface area contributed by atoms with Crippen LogP contribution in [-0.4, -0.2) is 64.8 Å². The number of aliphatic carboxylic acids is 1. The molecule has 1 unspecified atom stereocenters. The van der Waals surface area contributed by atoms with E-state index in [0.717, 1.165) is 0 Å². The van der Waals surface area contributed by atoms with Gasteiger partial charge in [0.1, 0.15) is 0 Å². The number of nitrogens with one attached hydrogen (secondary N) is 2. The van der Waals surface area contributed by atoms with Gasteiger partial charge in [0, 0.05) is 26.1 Å². The van der Waals surface area contributed by atoms with E-state index in [1.165, 1.54) is 11.8 Å². The number of carboxylic acid groups (broad SMARTS) is 1. The first-order chi connectivity index (χ1) is 8.90. The van der Waals surface area contributed by atoms with Crippen LogP contribution in [0.5, 0.6) is 0 Å². The molecule has 1 atom stereocenters. The predicted octanol–water partition coefficient (Wildman–Crippen LogP) is -1.26. The van der Waals surface area contributed by atoms with E-state index < -0.39 is 18.1 Å². The van der Waals surface area contributed by atoms with Crippen molar-refractivity contribution in [1.82, 2.24) is 15.5 Å². The van der Waals surface area contributed by atoms with Crippen LogP contribution in [0.15, 0.2) is 0 Å². The molecule has 1 fully saturated rings. The summed E-state index contributed by atoms with van der Waals surface area (Å²) in [5.41, 5.74) is 0. The van der Waals surface area contributed by atoms with E-state index in [1.807, 2.05) is 0 Å². The highest BCUT2D eigenvalue weighted by atomic mass is 16.4. The summed E-state index contributed by atoms with van der Waals surface area (Å²) in [6.45, 7) is 2.10. The van der Waals surface area contributed by atoms with Gasteiger partial charge in [0.15, 0.2) is 6.10 Å². The van der Waals surface area contributed by atoms with Gasteiger partial charge in [-0.3, -0.25) is 4.79 Å². The Kier molecular flexibility index (Phi) is 5.56. The summed E-state index contributed by atoms with van der Waals surface area (Å²) < 4.78 is 0. The minimum Gasteiger partial charge on any atom is -0.479 e. The standard InChI is InChI=1S/C11H19N3O5/c1-7(15)13-8-2-4-14(5-3-8)11(19)12-6-9(16)10(17)18/h8-9,16H,2-6H2,1H3,(H,12,19)(H,13,15)(H,17,18). The van der Waals surface area contributed by atoms with E-state index in [-0.39, 0.29) is 18.5 Å². The normalized spacial score (nSPS) is 17.7. The fourth-order valence-electron chi connectivity index (χ4n) is 1.90. The topological polar surface area (TPSA) is 119 Å². The number of piperidine rings is 1. The summed E-state index contributed by atoms with van der Waals surface area (Å²) in [7, 11) is 0. The average molecular weight is 273 g/mol. The summed E-state index contributed by atoms with van der Waals surface area (Å²) in [6.07, 6.45) is -0.274. The third-order valence-corrected chi connectivity index (χ3v) is 2.92. The van der Waals surface area contributed by atoms with E-state index in [1.54, 1.807) is 0 Å². The Morgan fingerprint density at radius 2 is 1.89 bits per heavy atom. The Morgan fingerprint density at radius 3 is 2.37 bits per heavy atom. The number of carbonyl (C=O) groups is 3. The number of rotatable bonds is 4. The lowest BCUT2D eigenvalue weighted by Gasteiger charge is -2.32. The zero-order valence-corrected chi connectivity index (χ0v) is 10.8. The van der Waals surface area contributed by atoms with Crippen LogP contribution < -0.4 is 10.6 Å². The van der Waals surface area contributed by atoms with Gasteiger partial charge in [0.25, 0.3) is 0 Å². The van der Waals surface area contributed by atoms with Gasteiger partial charge < -0.3 is 25.7 Å². The van der Waals surface area contributed by atoms with Crippen molar-refractivity contribution in [2.45, 2.75) is 31.9 Å². The lowest BCUT2D eigenvalue weighted by molar-refractivity contribution is -0.146. The van der Waals surface area contributed by atoms with Gasteiger partial charge >= 0.3 is 12.0 Å². The maximum atomic E-state index is 11.7. The molecule has 3 amide bonds. The summed E-state index contributed by atoms with van der Waals surface area (Å²) in [5, 5.41) is 22.7. The molecule has 108 valence electrons. The molecule has 0 aromatic rings. The Morgan fingerprint density at radius 1 is 1.32 bits per heavy atom. The number of hydrogen-bond donors (Lipinski definition) is 4. The fraction of sp³-hybridized carbons (Fsp3) is 0.727. The molecule has 0 bridgehead atoms. The summed E-state index contributed by atoms with van der Waals surface area (Å²) in [4.78, 5) is 34.5. The first-order valence-electron chi connectivity index (χ1n) is 6.11. The molecule has 0 aromatic carbocycles. The van der Waals surface area contributed by atoms with Crippen molar-refractivity contribution in [2.75, 3.05) is 19.6 Å². The molecular weight excluding hydrogens is 254 g/mol. The minimum absolute atomic E-state index is 0.0751. The zero-order valence-electron chi connectivity index (χ0n) is 10.8. The van der Waals surface area contributed by atoms with Gasteiger partial charge in [-0.05, 0) is 12.8 Å². The smallest absolute Gasteiger partial charge is 0.334 e. The van der Waals surface area contributed by atoms with Crippen LogP contribution in [0, 0.1) is 0 Å². The molecule has 19 heavy (non-hydrogen) atoms. The highest BCUT2D eigenvalue weighted by Gasteiger charge is 2.24. The lowest BCUT2D eigenvalue weighted by atomic mass is 10.1. The van der Waals surface area contributed by atoms with Crippen LogP contribution in [0.4, 0.5) is 4.79 Å². The van der Waals surface area contributed by atoms with Crippen LogP contribution in [-0.2, 0) is 9.59 Å². The van der Waals surface area contributed by atoms with Gasteiger partial charge in [-0.2, -0.15) is 0 Å². The Labute approximate surface area is 110 Å². The molecule has 0 spiro atoms. The van der Waals surface area contributed by atoms with E-state index in [2.05, 4.69) is 10.6 Å². The van der Waals surface area contributed by atoms with Gasteiger partial charge in [-0.1, -0.05) is 0 Å². The number of nitrogens with zero attached hydrogens (tertiary/aromatic N) is 1. The zero-order chi connectivity index (χ0) is 14.4. The molecule has 1 heterocycles. The summed E-state index contributed by atoms with van der Waals surface area (Å²) in [5.74, 6) is -1.46. The van der Waals surface area contributed by atoms with E-state index in [4.69, 9.17) is 10.2 Å². The number of amides is 3. The Bertz CT molecular complexity index is 352. The number of urea groups is 1. The fourth-order valence-corrected chi connectivity index (χ4v) is 1.90. The number of aliphatic hydroxyl groups is 1. The third-order valence-electron chi connectivity index (χ3n) is 2.92. The monoisotopic (exact) mass is 273 g/mol. The largest absolute Gasteiger partial charge is 0.479 e. The Balaban J connectivity index is 2.29. The summed E-state index contributed by atoms with van der Waals surface area (Å²) in [6, 6.07) is -0.326. The molecule has 8 nitrogen and oxygen atoms in total. The van der Waals surface area contributed by atoms with Gasteiger partial charge in [0.2, 0.25) is 5.91 Å². The number of likely N-dealkylation sites (tertiary alicyclic amines) is 1. The number of hydrogen-bond acceptors (Lipinski definition) is 4. The molecular formula is C11H19N3O5. The molecule has 1 aliphatic heterocycles. The molecule has 0 radical (unpaired) electrons. The first-order valence-corrected chi connectivity index (χ1v) is 6.11. The maximum absolute atomic E-state index is 11.7. The molecule has 0 saturated carbocycles. The molecule has 1 rings (SSSR count). The van der Waals surface area contributed by atoms with Crippen LogP contribution >= 0.6 is 0 Å². The highest BCUT2D eigenvalue weighted by Crippen LogP contribution is 2.10. The van der Waals surface area contributed by atoms with E-state index >= 15 is 0 Å². The third kappa shape index (κ3) is 5.12. The van der Waals surface area contributed by atoms with E-state index in [0.29, 0.717) is 25.9 Å². The van der Waals surface area contributed by atoms with Crippen molar-refractivity contribution in [3.63, 3.8) is 0 Å². The predicted molar refractivity (Wildman–Crippen MR) is 65.5 cm³/mol. The molecule has 0 aliphatic carbocycles. The molecule has 1 aliphatic rings. The van der Waals surface area contributed by atoms with Gasteiger partial charge in [0.05, 0.1) is 6.54 Å². The van der Waals surface area contributed by atoms with Crippen LogP contribution in [0.25, 0.3) is 0 Å². The number of carboxylic acids is 1. The van der Waals surface area contributed by atoms with Crippen molar-refractivity contribution in [1.29, 1.82) is 0 Å². The molecule has 4 N–H and O–H groups in total. The SMILES string of the molecule is CC(=O)NC1CCN(C(=O)NCC(O)C(=O)O)CC1. The van der Waals surface area contributed by atoms with Crippen molar-refractivity contribution < 1.29 is 24.6 Å². The lowest BCUT2D eigenvalue weighted by Crippen LogP contribution is -2.50. The molecule has 8 heteroatoms. The van der Waals surface area contributed by atoms with Crippen molar-refractivity contribution >= 4 is 17.9 Å². The highest BCUT2D eigenvalue weighted by molar-refractivity contribution is 5.77. The van der Waals surface area contributed by atoms with Crippen LogP contribution in [0.1, 0.15) is 19.8 Å². The van der Waals surface area contributed by atoms with Crippen LogP contribution in [0.3, 0.4) is 0 Å². The second-order valence-corrected chi connectivity index (χ2v) is 4.50. The number of aliphatic hydroxyl groups excluding tert-OH is 1. The van der Waals surface area contributed by atoms with E-state index in [9.17, 15) is 14.4 Å². The minimum atomic E-state index is -1.60. The molecule has 0 aromatic heterocycles. The van der Waals surface area contributed by atoms with Gasteiger partial charge in [-0.15, -0.1) is 0 Å². The van der Waals surface area contributed by atoms with Crippen LogP contribution in [0.2, 0.25) is 0 Å². The Hall–Kier alpha value is -1.83. The molecule has 1 saturated heterocycles. The quantitative estimate of drug-likeness (QED) is 0.510. The first kappa shape index (κ1) is 15.2. The second-order valence-electron chi connectivity index (χ2n) is 4.50.